The number of nitrogens with one attached hydrogen (secondary N) is 1. The highest BCUT2D eigenvalue weighted by Gasteiger charge is 2.20. The number of carbonyl (C=O) groups excluding carboxylic acids is 1. The molecule has 0 aliphatic carbocycles. The predicted octanol–water partition coefficient (Wildman–Crippen LogP) is 1.95. The van der Waals surface area contributed by atoms with E-state index in [0.717, 1.165) is 18.2 Å². The summed E-state index contributed by atoms with van der Waals surface area (Å²) in [6.07, 6.45) is 0.847. The lowest BCUT2D eigenvalue weighted by Gasteiger charge is -2.13. The van der Waals surface area contributed by atoms with Crippen molar-refractivity contribution >= 4 is 11.9 Å². The van der Waals surface area contributed by atoms with Crippen LogP contribution in [0.25, 0.3) is 0 Å². The van der Waals surface area contributed by atoms with Crippen molar-refractivity contribution < 1.29 is 23.5 Å². The first-order valence-corrected chi connectivity index (χ1v) is 5.44. The Hall–Kier alpha value is -1.98. The van der Waals surface area contributed by atoms with E-state index in [1.807, 2.05) is 0 Å². The van der Waals surface area contributed by atoms with Crippen molar-refractivity contribution in [3.63, 3.8) is 0 Å². The molecule has 1 amide bonds. The quantitative estimate of drug-likeness (QED) is 0.847. The Labute approximate surface area is 103 Å². The number of hydrogen-bond acceptors (Lipinski definition) is 2. The number of rotatable bonds is 5. The van der Waals surface area contributed by atoms with Crippen LogP contribution in [0.1, 0.15) is 30.1 Å². The van der Waals surface area contributed by atoms with Gasteiger partial charge in [-0.1, -0.05) is 13.3 Å². The second-order valence-electron chi connectivity index (χ2n) is 3.78. The zero-order valence-corrected chi connectivity index (χ0v) is 9.74. The molecule has 0 aromatic heterocycles. The van der Waals surface area contributed by atoms with Crippen LogP contribution < -0.4 is 5.32 Å². The lowest BCUT2D eigenvalue weighted by molar-refractivity contribution is -0.139. The van der Waals surface area contributed by atoms with Gasteiger partial charge in [-0.3, -0.25) is 4.79 Å². The molecule has 1 rings (SSSR count). The van der Waals surface area contributed by atoms with E-state index < -0.39 is 29.6 Å². The predicted molar refractivity (Wildman–Crippen MR) is 60.2 cm³/mol. The Morgan fingerprint density at radius 1 is 1.33 bits per heavy atom. The van der Waals surface area contributed by atoms with Crippen LogP contribution >= 0.6 is 0 Å². The molecule has 0 bridgehead atoms. The number of carboxylic acids is 1. The largest absolute Gasteiger partial charge is 0.480 e. The maximum absolute atomic E-state index is 12.9. The first-order chi connectivity index (χ1) is 8.45. The number of hydrogen-bond donors (Lipinski definition) is 2. The van der Waals surface area contributed by atoms with Gasteiger partial charge in [0.15, 0.2) is 11.6 Å². The van der Waals surface area contributed by atoms with Gasteiger partial charge in [-0.25, -0.2) is 13.6 Å². The molecule has 0 fully saturated rings. The lowest BCUT2D eigenvalue weighted by atomic mass is 10.1. The van der Waals surface area contributed by atoms with E-state index in [-0.39, 0.29) is 12.0 Å². The van der Waals surface area contributed by atoms with Crippen LogP contribution in [0.15, 0.2) is 18.2 Å². The topological polar surface area (TPSA) is 66.4 Å². The van der Waals surface area contributed by atoms with Gasteiger partial charge in [0, 0.05) is 5.56 Å². The van der Waals surface area contributed by atoms with Gasteiger partial charge in [-0.15, -0.1) is 0 Å². The fourth-order valence-electron chi connectivity index (χ4n) is 1.43. The monoisotopic (exact) mass is 257 g/mol. The summed E-state index contributed by atoms with van der Waals surface area (Å²) in [4.78, 5) is 22.5. The molecule has 0 saturated heterocycles. The highest BCUT2D eigenvalue weighted by Crippen LogP contribution is 2.09. The third kappa shape index (κ3) is 3.51. The summed E-state index contributed by atoms with van der Waals surface area (Å²) in [5.74, 6) is -4.11. The Kier molecular flexibility index (Phi) is 4.76. The summed E-state index contributed by atoms with van der Waals surface area (Å²) in [6, 6.07) is 1.61. The fourth-order valence-corrected chi connectivity index (χ4v) is 1.43. The average Bonchev–Trinajstić information content (AvgIpc) is 2.31. The Bertz CT molecular complexity index is 463. The van der Waals surface area contributed by atoms with Gasteiger partial charge >= 0.3 is 5.97 Å². The molecule has 0 spiro atoms. The smallest absolute Gasteiger partial charge is 0.326 e. The van der Waals surface area contributed by atoms with Gasteiger partial charge in [-0.2, -0.15) is 0 Å². The molecule has 6 heteroatoms. The maximum atomic E-state index is 12.9. The molecule has 2 N–H and O–H groups in total. The normalized spacial score (nSPS) is 11.9. The van der Waals surface area contributed by atoms with Crippen molar-refractivity contribution in [2.75, 3.05) is 0 Å². The lowest BCUT2D eigenvalue weighted by Crippen LogP contribution is -2.40. The summed E-state index contributed by atoms with van der Waals surface area (Å²) in [7, 11) is 0. The summed E-state index contributed by atoms with van der Waals surface area (Å²) < 4.78 is 25.6. The molecule has 1 atom stereocenters. The van der Waals surface area contributed by atoms with Crippen LogP contribution in [0.4, 0.5) is 8.78 Å². The second-order valence-corrected chi connectivity index (χ2v) is 3.78. The number of benzene rings is 1. The first-order valence-electron chi connectivity index (χ1n) is 5.44. The van der Waals surface area contributed by atoms with Crippen LogP contribution in [0.5, 0.6) is 0 Å². The van der Waals surface area contributed by atoms with Gasteiger partial charge in [-0.05, 0) is 24.6 Å². The fraction of sp³-hybridized carbons (Fsp3) is 0.333. The molecule has 0 saturated carbocycles. The molecule has 0 heterocycles. The number of aliphatic carboxylic acids is 1. The van der Waals surface area contributed by atoms with Crippen molar-refractivity contribution in [2.45, 2.75) is 25.8 Å². The molecule has 0 radical (unpaired) electrons. The van der Waals surface area contributed by atoms with Gasteiger partial charge in [0.25, 0.3) is 5.91 Å². The molecular formula is C12H13F2NO3. The second kappa shape index (κ2) is 6.09. The molecule has 1 aromatic carbocycles. The number of carboxylic acid groups (broad SMARTS) is 1. The van der Waals surface area contributed by atoms with Crippen LogP contribution in [0.2, 0.25) is 0 Å². The minimum Gasteiger partial charge on any atom is -0.480 e. The summed E-state index contributed by atoms with van der Waals surface area (Å²) >= 11 is 0. The number of amides is 1. The van der Waals surface area contributed by atoms with Gasteiger partial charge in [0.05, 0.1) is 0 Å². The molecule has 0 aliphatic heterocycles. The average molecular weight is 257 g/mol. The van der Waals surface area contributed by atoms with E-state index in [4.69, 9.17) is 5.11 Å². The molecule has 0 aliphatic rings. The number of halogens is 2. The van der Waals surface area contributed by atoms with Crippen LogP contribution in [0.3, 0.4) is 0 Å². The van der Waals surface area contributed by atoms with Crippen LogP contribution in [-0.2, 0) is 4.79 Å². The van der Waals surface area contributed by atoms with Gasteiger partial charge in [0.1, 0.15) is 6.04 Å². The molecule has 0 unspecified atom stereocenters. The van der Waals surface area contributed by atoms with Crippen molar-refractivity contribution in [3.8, 4) is 0 Å². The summed E-state index contributed by atoms with van der Waals surface area (Å²) in [6.45, 7) is 1.78. The minimum atomic E-state index is -1.16. The van der Waals surface area contributed by atoms with E-state index >= 15 is 0 Å². The zero-order chi connectivity index (χ0) is 13.7. The van der Waals surface area contributed by atoms with Crippen molar-refractivity contribution in [3.05, 3.63) is 35.4 Å². The molecule has 98 valence electrons. The SMILES string of the molecule is CCC[C@@H](NC(=O)c1ccc(F)c(F)c1)C(=O)O. The van der Waals surface area contributed by atoms with E-state index in [0.29, 0.717) is 6.42 Å². The van der Waals surface area contributed by atoms with Crippen molar-refractivity contribution in [1.82, 2.24) is 5.32 Å². The Balaban J connectivity index is 2.80. The number of carbonyl (C=O) groups is 2. The summed E-state index contributed by atoms with van der Waals surface area (Å²) in [5, 5.41) is 11.1. The standard InChI is InChI=1S/C12H13F2NO3/c1-2-3-10(12(17)18)15-11(16)7-4-5-8(13)9(14)6-7/h4-6,10H,2-3H2,1H3,(H,15,16)(H,17,18)/t10-/m1/s1. The van der Waals surface area contributed by atoms with Gasteiger partial charge in [0.2, 0.25) is 0 Å². The van der Waals surface area contributed by atoms with Crippen LogP contribution in [0, 0.1) is 11.6 Å². The summed E-state index contributed by atoms with van der Waals surface area (Å²) in [5.41, 5.74) is -0.115. The highest BCUT2D eigenvalue weighted by atomic mass is 19.2. The first kappa shape index (κ1) is 14.1. The Morgan fingerprint density at radius 3 is 2.50 bits per heavy atom. The zero-order valence-electron chi connectivity index (χ0n) is 9.74. The van der Waals surface area contributed by atoms with Crippen molar-refractivity contribution in [1.29, 1.82) is 0 Å². The van der Waals surface area contributed by atoms with E-state index in [1.165, 1.54) is 0 Å². The van der Waals surface area contributed by atoms with E-state index in [9.17, 15) is 18.4 Å². The maximum Gasteiger partial charge on any atom is 0.326 e. The third-order valence-corrected chi connectivity index (χ3v) is 2.36. The molecule has 4 nitrogen and oxygen atoms in total. The van der Waals surface area contributed by atoms with E-state index in [1.54, 1.807) is 6.92 Å². The van der Waals surface area contributed by atoms with Crippen LogP contribution in [-0.4, -0.2) is 23.0 Å². The third-order valence-electron chi connectivity index (χ3n) is 2.36. The van der Waals surface area contributed by atoms with Gasteiger partial charge < -0.3 is 10.4 Å². The minimum absolute atomic E-state index is 0.115. The highest BCUT2D eigenvalue weighted by molar-refractivity contribution is 5.96. The molecule has 18 heavy (non-hydrogen) atoms. The Morgan fingerprint density at radius 2 is 2.00 bits per heavy atom. The molecule has 1 aromatic rings. The van der Waals surface area contributed by atoms with E-state index in [2.05, 4.69) is 5.32 Å². The van der Waals surface area contributed by atoms with Crippen molar-refractivity contribution in [2.24, 2.45) is 0 Å². The molecular weight excluding hydrogens is 244 g/mol.